The number of anilines is 3. The quantitative estimate of drug-likeness (QED) is 0.245. The highest BCUT2D eigenvalue weighted by Crippen LogP contribution is 2.41. The van der Waals surface area contributed by atoms with Crippen LogP contribution >= 0.6 is 0 Å². The zero-order chi connectivity index (χ0) is 31.4. The first-order chi connectivity index (χ1) is 21.2. The number of hydrogen-bond donors (Lipinski definition) is 3. The van der Waals surface area contributed by atoms with E-state index in [0.29, 0.717) is 28.3 Å². The van der Waals surface area contributed by atoms with Crippen LogP contribution in [0.1, 0.15) is 45.1 Å². The Balaban J connectivity index is 1.46. The van der Waals surface area contributed by atoms with Crippen molar-refractivity contribution in [3.8, 4) is 16.9 Å². The van der Waals surface area contributed by atoms with Crippen LogP contribution in [-0.4, -0.2) is 64.0 Å². The van der Waals surface area contributed by atoms with Gasteiger partial charge in [0.25, 0.3) is 11.8 Å². The number of nitrogens with zero attached hydrogens (tertiary/aromatic N) is 5. The van der Waals surface area contributed by atoms with Gasteiger partial charge in [0.2, 0.25) is 5.91 Å². The molecule has 5 rings (SSSR count). The Bertz CT molecular complexity index is 1730. The molecule has 12 nitrogen and oxygen atoms in total. The Kier molecular flexibility index (Phi) is 8.74. The summed E-state index contributed by atoms with van der Waals surface area (Å²) in [6.07, 6.45) is 4.67. The number of aryl methyl sites for hydroxylation is 1. The summed E-state index contributed by atoms with van der Waals surface area (Å²) < 4.78 is 21.2. The molecule has 3 N–H and O–H groups in total. The molecule has 13 heteroatoms. The third-order valence-corrected chi connectivity index (χ3v) is 7.08. The van der Waals surface area contributed by atoms with E-state index >= 15 is 4.39 Å². The van der Waals surface area contributed by atoms with Gasteiger partial charge in [-0.25, -0.2) is 9.37 Å². The minimum Gasteiger partial charge on any atom is -0.494 e. The highest BCUT2D eigenvalue weighted by molar-refractivity contribution is 6.00. The van der Waals surface area contributed by atoms with E-state index < -0.39 is 17.6 Å². The Morgan fingerprint density at radius 3 is 2.50 bits per heavy atom. The van der Waals surface area contributed by atoms with E-state index in [4.69, 9.17) is 4.74 Å². The van der Waals surface area contributed by atoms with Gasteiger partial charge in [-0.2, -0.15) is 0 Å². The molecule has 0 saturated heterocycles. The molecule has 0 unspecified atom stereocenters. The number of ether oxygens (including phenoxy) is 1. The molecule has 1 saturated carbocycles. The van der Waals surface area contributed by atoms with Crippen molar-refractivity contribution in [3.05, 3.63) is 83.3 Å². The maximum atomic E-state index is 15.4. The van der Waals surface area contributed by atoms with Crippen LogP contribution in [0, 0.1) is 18.7 Å². The summed E-state index contributed by atoms with van der Waals surface area (Å²) in [6.45, 7) is 2.02. The Labute approximate surface area is 253 Å². The lowest BCUT2D eigenvalue weighted by molar-refractivity contribution is -0.117. The fourth-order valence-corrected chi connectivity index (χ4v) is 4.62. The summed E-state index contributed by atoms with van der Waals surface area (Å²) in [5.41, 5.74) is 2.67. The van der Waals surface area contributed by atoms with Gasteiger partial charge in [-0.3, -0.25) is 19.4 Å². The number of hydrogen-bond acceptors (Lipinski definition) is 9. The zero-order valence-corrected chi connectivity index (χ0v) is 24.6. The third kappa shape index (κ3) is 6.46. The van der Waals surface area contributed by atoms with Crippen molar-refractivity contribution >= 4 is 34.9 Å². The van der Waals surface area contributed by atoms with Crippen LogP contribution in [0.3, 0.4) is 0 Å². The van der Waals surface area contributed by atoms with Crippen LogP contribution in [0.4, 0.5) is 21.6 Å². The second kappa shape index (κ2) is 12.8. The van der Waals surface area contributed by atoms with Crippen molar-refractivity contribution in [1.29, 1.82) is 0 Å². The number of halogens is 1. The Hall–Kier alpha value is -5.46. The second-order valence-electron chi connectivity index (χ2n) is 10.3. The largest absolute Gasteiger partial charge is 0.494 e. The molecular formula is C31H31FN8O4. The molecule has 1 aromatic carbocycles. The molecular weight excluding hydrogens is 567 g/mol. The monoisotopic (exact) mass is 598 g/mol. The molecule has 44 heavy (non-hydrogen) atoms. The molecule has 3 heterocycles. The van der Waals surface area contributed by atoms with Gasteiger partial charge in [0.1, 0.15) is 5.75 Å². The van der Waals surface area contributed by atoms with Gasteiger partial charge in [-0.1, -0.05) is 12.1 Å². The van der Waals surface area contributed by atoms with Crippen molar-refractivity contribution in [2.75, 3.05) is 31.8 Å². The topological polar surface area (TPSA) is 151 Å². The molecule has 0 radical (unpaired) electrons. The number of rotatable bonds is 10. The average Bonchev–Trinajstić information content (AvgIpc) is 3.88. The molecule has 0 aliphatic heterocycles. The van der Waals surface area contributed by atoms with Gasteiger partial charge < -0.3 is 25.6 Å². The van der Waals surface area contributed by atoms with Crippen LogP contribution in [0.15, 0.2) is 54.9 Å². The molecule has 1 fully saturated rings. The molecule has 3 amide bonds. The van der Waals surface area contributed by atoms with Crippen LogP contribution < -0.4 is 20.7 Å². The van der Waals surface area contributed by atoms with E-state index in [1.165, 1.54) is 37.4 Å². The second-order valence-corrected chi connectivity index (χ2v) is 10.3. The Morgan fingerprint density at radius 1 is 1.05 bits per heavy atom. The van der Waals surface area contributed by atoms with Crippen LogP contribution in [0.25, 0.3) is 11.1 Å². The highest BCUT2D eigenvalue weighted by Gasteiger charge is 2.30. The van der Waals surface area contributed by atoms with Gasteiger partial charge in [-0.15, -0.1) is 10.2 Å². The van der Waals surface area contributed by atoms with E-state index in [0.717, 1.165) is 18.4 Å². The number of carbonyl (C=O) groups is 3. The zero-order valence-electron chi connectivity index (χ0n) is 24.6. The lowest BCUT2D eigenvalue weighted by Gasteiger charge is -2.19. The van der Waals surface area contributed by atoms with Crippen molar-refractivity contribution < 1.29 is 23.5 Å². The van der Waals surface area contributed by atoms with Crippen LogP contribution in [0.5, 0.6) is 5.75 Å². The van der Waals surface area contributed by atoms with Crippen LogP contribution in [-0.2, 0) is 11.3 Å². The predicted octanol–water partition coefficient (Wildman–Crippen LogP) is 4.11. The predicted molar refractivity (Wildman–Crippen MR) is 161 cm³/mol. The van der Waals surface area contributed by atoms with E-state index in [1.807, 2.05) is 13.0 Å². The molecule has 4 aromatic rings. The number of carbonyl (C=O) groups excluding carboxylic acids is 3. The van der Waals surface area contributed by atoms with Gasteiger partial charge in [0.05, 0.1) is 30.7 Å². The van der Waals surface area contributed by atoms with Gasteiger partial charge in [-0.05, 0) is 49.6 Å². The van der Waals surface area contributed by atoms with E-state index in [2.05, 4.69) is 36.1 Å². The fourth-order valence-electron chi connectivity index (χ4n) is 4.62. The first-order valence-corrected chi connectivity index (χ1v) is 13.9. The standard InChI is InChI=1S/C31H31FN8O4/c1-17-8-11-22(36-23-14-24(37-29(41)18-9-10-18)38-39-27(23)30(42)33-2)28(44-4)25(17)19-13-21(32)26(35-15-19)31(43)40(3)16-20-7-5-6-12-34-20/h5-8,11-15,18H,9-10,16H2,1-4H3,(H,33,42)(H2,36,37,38,41). The molecule has 3 aromatic heterocycles. The number of aromatic nitrogens is 4. The summed E-state index contributed by atoms with van der Waals surface area (Å²) >= 11 is 0. The maximum Gasteiger partial charge on any atom is 0.275 e. The summed E-state index contributed by atoms with van der Waals surface area (Å²) in [6, 6.07) is 11.6. The summed E-state index contributed by atoms with van der Waals surface area (Å²) in [5, 5.41) is 16.4. The van der Waals surface area contributed by atoms with Gasteiger partial charge in [0, 0.05) is 49.6 Å². The SMILES string of the molecule is CNC(=O)c1nnc(NC(=O)C2CC2)cc1Nc1ccc(C)c(-c2cnc(C(=O)N(C)Cc3ccccn3)c(F)c2)c1OC. The smallest absolute Gasteiger partial charge is 0.275 e. The maximum absolute atomic E-state index is 15.4. The van der Waals surface area contributed by atoms with Crippen LogP contribution in [0.2, 0.25) is 0 Å². The lowest BCUT2D eigenvalue weighted by Crippen LogP contribution is -2.28. The number of pyridine rings is 2. The highest BCUT2D eigenvalue weighted by atomic mass is 19.1. The lowest BCUT2D eigenvalue weighted by atomic mass is 9.99. The Morgan fingerprint density at radius 2 is 1.84 bits per heavy atom. The van der Waals surface area contributed by atoms with Crippen molar-refractivity contribution in [2.24, 2.45) is 5.92 Å². The van der Waals surface area contributed by atoms with Crippen molar-refractivity contribution in [1.82, 2.24) is 30.4 Å². The third-order valence-electron chi connectivity index (χ3n) is 7.08. The molecule has 226 valence electrons. The molecule has 1 aliphatic carbocycles. The normalized spacial score (nSPS) is 12.3. The van der Waals surface area contributed by atoms with Crippen molar-refractivity contribution in [3.63, 3.8) is 0 Å². The number of benzene rings is 1. The summed E-state index contributed by atoms with van der Waals surface area (Å²) in [7, 11) is 4.48. The van der Waals surface area contributed by atoms with E-state index in [9.17, 15) is 14.4 Å². The fraction of sp³-hybridized carbons (Fsp3) is 0.258. The van der Waals surface area contributed by atoms with Crippen molar-refractivity contribution in [2.45, 2.75) is 26.3 Å². The van der Waals surface area contributed by atoms with Gasteiger partial charge >= 0.3 is 0 Å². The number of methoxy groups -OCH3 is 1. The molecule has 0 spiro atoms. The summed E-state index contributed by atoms with van der Waals surface area (Å²) in [4.78, 5) is 47.6. The first kappa shape index (κ1) is 30.0. The molecule has 0 bridgehead atoms. The minimum atomic E-state index is -0.795. The number of nitrogens with one attached hydrogen (secondary N) is 3. The van der Waals surface area contributed by atoms with Gasteiger partial charge in [0.15, 0.2) is 23.0 Å². The first-order valence-electron chi connectivity index (χ1n) is 13.9. The molecule has 0 atom stereocenters. The minimum absolute atomic E-state index is 0.00787. The van der Waals surface area contributed by atoms with E-state index in [-0.39, 0.29) is 41.3 Å². The summed E-state index contributed by atoms with van der Waals surface area (Å²) in [5.74, 6) is -1.57. The molecule has 1 aliphatic rings. The average molecular weight is 599 g/mol. The van der Waals surface area contributed by atoms with E-state index in [1.54, 1.807) is 37.5 Å². The number of amides is 3.